The Bertz CT molecular complexity index is 3380. The number of carbonyl (C=O) groups is 2. The summed E-state index contributed by atoms with van der Waals surface area (Å²) in [6, 6.07) is 36.3. The van der Waals surface area contributed by atoms with Crippen molar-refractivity contribution < 1.29 is 14.2 Å². The SMILES string of the molecule is CN1CCN(c2ccc(Nc3ncc4c(n3)-c3c(c(C(=O)NCc5ccccc5)nn3C)CC4)cc2)CC1.Cn1nc(C(=O)NCc2ccccc2)c2c1-c1nc(Nc3ccc(N4CC[N+](C)([O-])CC4)cc3)ncc1CC2. The van der Waals surface area contributed by atoms with Crippen molar-refractivity contribution in [3.63, 3.8) is 0 Å². The molecule has 2 fully saturated rings. The van der Waals surface area contributed by atoms with Crippen LogP contribution in [0.3, 0.4) is 0 Å². The number of anilines is 6. The number of carbonyl (C=O) groups excluding carboxylic acids is 2. The van der Waals surface area contributed by atoms with Gasteiger partial charge in [0, 0.05) is 99.6 Å². The van der Waals surface area contributed by atoms with Crippen LogP contribution in [0.25, 0.3) is 22.8 Å². The Labute approximate surface area is 448 Å². The van der Waals surface area contributed by atoms with E-state index in [1.165, 1.54) is 5.69 Å². The topological polar surface area (TPSA) is 202 Å². The number of likely N-dealkylation sites (N-methyl/N-ethyl adjacent to an activating group) is 2. The molecule has 4 aromatic heterocycles. The van der Waals surface area contributed by atoms with E-state index in [4.69, 9.17) is 9.97 Å². The van der Waals surface area contributed by atoms with Crippen molar-refractivity contribution in [1.82, 2.24) is 55.0 Å². The molecule has 4 aliphatic rings. The van der Waals surface area contributed by atoms with E-state index >= 15 is 0 Å². The lowest BCUT2D eigenvalue weighted by Gasteiger charge is -2.45. The molecule has 2 saturated heterocycles. The molecule has 19 nitrogen and oxygen atoms in total. The summed E-state index contributed by atoms with van der Waals surface area (Å²) >= 11 is 0. The summed E-state index contributed by atoms with van der Waals surface area (Å²) in [7, 11) is 7.62. The number of hydrogen-bond donors (Lipinski definition) is 4. The van der Waals surface area contributed by atoms with Crippen LogP contribution in [-0.4, -0.2) is 127 Å². The Morgan fingerprint density at radius 3 is 1.39 bits per heavy atom. The van der Waals surface area contributed by atoms with Crippen molar-refractivity contribution in [2.45, 2.75) is 38.8 Å². The average molecular weight is 1030 g/mol. The minimum atomic E-state index is -0.181. The second-order valence-electron chi connectivity index (χ2n) is 20.4. The van der Waals surface area contributed by atoms with Crippen LogP contribution in [0, 0.1) is 5.21 Å². The first-order valence-corrected chi connectivity index (χ1v) is 26.4. The van der Waals surface area contributed by atoms with Crippen molar-refractivity contribution >= 4 is 46.5 Å². The molecular weight excluding hydrogens is 969 g/mol. The van der Waals surface area contributed by atoms with Gasteiger partial charge in [-0.1, -0.05) is 60.7 Å². The number of hydroxylamine groups is 3. The summed E-state index contributed by atoms with van der Waals surface area (Å²) in [6.07, 6.45) is 6.70. The quantitative estimate of drug-likeness (QED) is 0.0734. The molecule has 8 aromatic rings. The van der Waals surface area contributed by atoms with Crippen LogP contribution in [0.2, 0.25) is 0 Å². The molecule has 0 unspecified atom stereocenters. The summed E-state index contributed by atoms with van der Waals surface area (Å²) in [5.74, 6) is 0.671. The molecule has 2 aliphatic heterocycles. The van der Waals surface area contributed by atoms with Crippen LogP contribution in [0.15, 0.2) is 122 Å². The Hall–Kier alpha value is -8.52. The lowest BCUT2D eigenvalue weighted by atomic mass is 9.93. The fraction of sp³-hybridized carbons (Fsp3) is 0.310. The van der Waals surface area contributed by atoms with Gasteiger partial charge in [-0.3, -0.25) is 19.0 Å². The third-order valence-corrected chi connectivity index (χ3v) is 14.9. The van der Waals surface area contributed by atoms with E-state index in [0.29, 0.717) is 55.9 Å². The summed E-state index contributed by atoms with van der Waals surface area (Å²) < 4.78 is 3.34. The van der Waals surface area contributed by atoms with Crippen LogP contribution < -0.4 is 31.1 Å². The maximum absolute atomic E-state index is 13.0. The second-order valence-corrected chi connectivity index (χ2v) is 20.4. The Morgan fingerprint density at radius 2 is 0.961 bits per heavy atom. The van der Waals surface area contributed by atoms with Crippen LogP contribution in [0.5, 0.6) is 0 Å². The minimum Gasteiger partial charge on any atom is -0.633 e. The highest BCUT2D eigenvalue weighted by Crippen LogP contribution is 2.36. The van der Waals surface area contributed by atoms with E-state index in [2.05, 4.69) is 99.6 Å². The van der Waals surface area contributed by atoms with Gasteiger partial charge < -0.3 is 45.8 Å². The molecule has 0 spiro atoms. The molecule has 2 aliphatic carbocycles. The largest absolute Gasteiger partial charge is 0.633 e. The Balaban J connectivity index is 0.000000164. The summed E-state index contributed by atoms with van der Waals surface area (Å²) in [4.78, 5) is 51.9. The third kappa shape index (κ3) is 11.4. The molecule has 6 heterocycles. The van der Waals surface area contributed by atoms with Gasteiger partial charge in [0.2, 0.25) is 11.9 Å². The molecule has 0 atom stereocenters. The van der Waals surface area contributed by atoms with Crippen LogP contribution in [0.1, 0.15) is 54.4 Å². The molecule has 12 rings (SSSR count). The molecule has 77 heavy (non-hydrogen) atoms. The van der Waals surface area contributed by atoms with Gasteiger partial charge in [-0.05, 0) is 104 Å². The first-order chi connectivity index (χ1) is 37.4. The lowest BCUT2D eigenvalue weighted by Crippen LogP contribution is -2.53. The van der Waals surface area contributed by atoms with E-state index < -0.39 is 0 Å². The Morgan fingerprint density at radius 1 is 0.545 bits per heavy atom. The van der Waals surface area contributed by atoms with E-state index in [-0.39, 0.29) is 16.5 Å². The molecule has 0 radical (unpaired) electrons. The molecule has 19 heteroatoms. The number of rotatable bonds is 12. The fourth-order valence-corrected chi connectivity index (χ4v) is 10.5. The highest BCUT2D eigenvalue weighted by Gasteiger charge is 2.31. The molecule has 4 N–H and O–H groups in total. The van der Waals surface area contributed by atoms with Crippen LogP contribution in [-0.2, 0) is 52.9 Å². The number of nitrogens with one attached hydrogen (secondary N) is 4. The zero-order chi connectivity index (χ0) is 53.0. The molecule has 2 amide bonds. The van der Waals surface area contributed by atoms with Crippen molar-refractivity contribution in [3.8, 4) is 22.8 Å². The fourth-order valence-electron chi connectivity index (χ4n) is 10.5. The normalized spacial score (nSPS) is 15.4. The van der Waals surface area contributed by atoms with E-state index in [1.807, 2.05) is 99.3 Å². The summed E-state index contributed by atoms with van der Waals surface area (Å²) in [6.45, 7) is 7.83. The summed E-state index contributed by atoms with van der Waals surface area (Å²) in [5, 5.41) is 34.0. The number of nitrogens with zero attached hydrogens (tertiary/aromatic N) is 12. The van der Waals surface area contributed by atoms with Gasteiger partial charge in [0.15, 0.2) is 11.4 Å². The zero-order valence-electron chi connectivity index (χ0n) is 44.0. The van der Waals surface area contributed by atoms with Gasteiger partial charge in [-0.2, -0.15) is 10.2 Å². The molecule has 4 aromatic carbocycles. The maximum atomic E-state index is 13.0. The Kier molecular flexibility index (Phi) is 14.5. The molecular formula is C58H64N16O3. The number of amides is 2. The van der Waals surface area contributed by atoms with Crippen molar-refractivity contribution in [2.75, 3.05) is 86.9 Å². The van der Waals surface area contributed by atoms with E-state index in [9.17, 15) is 14.8 Å². The third-order valence-electron chi connectivity index (χ3n) is 14.9. The van der Waals surface area contributed by atoms with Crippen molar-refractivity contribution in [1.29, 1.82) is 0 Å². The zero-order valence-corrected chi connectivity index (χ0v) is 44.0. The molecule has 394 valence electrons. The van der Waals surface area contributed by atoms with Crippen LogP contribution in [0.4, 0.5) is 34.6 Å². The number of piperazine rings is 2. The van der Waals surface area contributed by atoms with Gasteiger partial charge in [-0.15, -0.1) is 0 Å². The van der Waals surface area contributed by atoms with Gasteiger partial charge >= 0.3 is 0 Å². The lowest BCUT2D eigenvalue weighted by molar-refractivity contribution is -0.861. The van der Waals surface area contributed by atoms with Crippen molar-refractivity contribution in [3.05, 3.63) is 172 Å². The maximum Gasteiger partial charge on any atom is 0.272 e. The molecule has 0 bridgehead atoms. The number of fused-ring (bicyclic) bond motifs is 6. The second kappa shape index (κ2) is 22.0. The van der Waals surface area contributed by atoms with Gasteiger partial charge in [0.05, 0.1) is 56.0 Å². The highest BCUT2D eigenvalue weighted by molar-refractivity contribution is 5.96. The predicted octanol–water partition coefficient (Wildman–Crippen LogP) is 6.81. The first-order valence-electron chi connectivity index (χ1n) is 26.4. The number of aryl methyl sites for hydroxylation is 4. The minimum absolute atomic E-state index is 0.165. The average Bonchev–Trinajstić information content (AvgIpc) is 4.01. The number of aromatic nitrogens is 8. The smallest absolute Gasteiger partial charge is 0.272 e. The van der Waals surface area contributed by atoms with Gasteiger partial charge in [0.25, 0.3) is 11.8 Å². The monoisotopic (exact) mass is 1030 g/mol. The standard InChI is InChI=1S/C29H32N8O2.C29H32N8O/c1-35-27-24(26(34-35)28(38)30-18-20-6-4-3-5-7-20)13-8-21-19-31-29(33-25(21)27)32-22-9-11-23(12-10-22)36-14-16-37(2,39)17-15-36;1-35-14-16-37(17-15-35)23-11-9-22(10-12-23)32-29-31-19-21-8-13-24-26(34-36(2)27(24)25(21)33-29)28(38)30-18-20-6-4-3-5-7-20/h3-7,9-12,19H,8,13-18H2,1-2H3,(H,30,38)(H,31,32,33);3-7,9-12,19H,8,13-18H2,1-2H3,(H,30,38)(H,31,32,33). The first kappa shape index (κ1) is 50.6. The van der Waals surface area contributed by atoms with E-state index in [1.54, 1.807) is 16.4 Å². The van der Waals surface area contributed by atoms with Gasteiger partial charge in [0.1, 0.15) is 0 Å². The number of quaternary nitrogens is 1. The number of hydrogen-bond acceptors (Lipinski definition) is 14. The van der Waals surface area contributed by atoms with Gasteiger partial charge in [-0.25, -0.2) is 19.9 Å². The van der Waals surface area contributed by atoms with Crippen molar-refractivity contribution in [2.24, 2.45) is 14.1 Å². The summed E-state index contributed by atoms with van der Waals surface area (Å²) in [5.41, 5.74) is 14.5. The van der Waals surface area contributed by atoms with Crippen LogP contribution >= 0.6 is 0 Å². The highest BCUT2D eigenvalue weighted by atomic mass is 16.5. The van der Waals surface area contributed by atoms with E-state index in [0.717, 1.165) is 132 Å². The molecule has 0 saturated carbocycles. The number of benzene rings is 4. The predicted molar refractivity (Wildman–Crippen MR) is 299 cm³/mol.